The fourth-order valence-corrected chi connectivity index (χ4v) is 3.75. The molecule has 8 heteroatoms. The van der Waals surface area contributed by atoms with E-state index in [0.717, 1.165) is 5.56 Å². The summed E-state index contributed by atoms with van der Waals surface area (Å²) in [6, 6.07) is 9.54. The minimum atomic E-state index is -0.182. The molecule has 1 unspecified atom stereocenters. The van der Waals surface area contributed by atoms with Crippen LogP contribution in [0, 0.1) is 11.3 Å². The van der Waals surface area contributed by atoms with Gasteiger partial charge in [0.15, 0.2) is 0 Å². The molecular weight excluding hydrogens is 350 g/mol. The lowest BCUT2D eigenvalue weighted by molar-refractivity contribution is -0.132. The first-order valence-corrected chi connectivity index (χ1v) is 9.51. The molecule has 0 spiro atoms. The molecule has 0 bridgehead atoms. The summed E-state index contributed by atoms with van der Waals surface area (Å²) in [5.41, 5.74) is 3.79. The van der Waals surface area contributed by atoms with Crippen molar-refractivity contribution in [3.63, 3.8) is 0 Å². The van der Waals surface area contributed by atoms with E-state index >= 15 is 0 Å². The predicted molar refractivity (Wildman–Crippen MR) is 102 cm³/mol. The fraction of sp³-hybridized carbons (Fsp3) is 0.389. The summed E-state index contributed by atoms with van der Waals surface area (Å²) in [6.45, 7) is 1.16. The topological polar surface area (TPSA) is 97.3 Å². The SMILES string of the molecule is N=CCC(NC(=O)C1CCN(C(=O)C2=CNNS2)CC1)c1ccccc1. The fourth-order valence-electron chi connectivity index (χ4n) is 3.19. The Labute approximate surface area is 157 Å². The maximum Gasteiger partial charge on any atom is 0.263 e. The van der Waals surface area contributed by atoms with Crippen molar-refractivity contribution in [1.29, 1.82) is 5.41 Å². The zero-order valence-electron chi connectivity index (χ0n) is 14.4. The van der Waals surface area contributed by atoms with Crippen LogP contribution in [-0.2, 0) is 9.59 Å². The van der Waals surface area contributed by atoms with Crippen LogP contribution in [0.25, 0.3) is 0 Å². The highest BCUT2D eigenvalue weighted by atomic mass is 32.2. The number of benzene rings is 1. The lowest BCUT2D eigenvalue weighted by Crippen LogP contribution is -2.44. The van der Waals surface area contributed by atoms with Crippen molar-refractivity contribution in [2.24, 2.45) is 5.92 Å². The molecule has 0 saturated carbocycles. The zero-order chi connectivity index (χ0) is 18.4. The third kappa shape index (κ3) is 4.44. The maximum absolute atomic E-state index is 12.7. The number of nitrogens with zero attached hydrogens (tertiary/aromatic N) is 1. The van der Waals surface area contributed by atoms with Gasteiger partial charge in [-0.05, 0) is 36.6 Å². The minimum absolute atomic E-state index is 0.00248. The van der Waals surface area contributed by atoms with Gasteiger partial charge < -0.3 is 21.1 Å². The molecule has 2 aliphatic heterocycles. The first-order valence-electron chi connectivity index (χ1n) is 8.70. The van der Waals surface area contributed by atoms with Crippen LogP contribution >= 0.6 is 11.9 Å². The average molecular weight is 373 g/mol. The minimum Gasteiger partial charge on any atom is -0.349 e. The van der Waals surface area contributed by atoms with Crippen molar-refractivity contribution in [2.75, 3.05) is 13.1 Å². The van der Waals surface area contributed by atoms with Crippen molar-refractivity contribution in [1.82, 2.24) is 20.5 Å². The van der Waals surface area contributed by atoms with Crippen LogP contribution in [-0.4, -0.2) is 36.0 Å². The van der Waals surface area contributed by atoms with Gasteiger partial charge in [-0.15, -0.1) is 0 Å². The molecule has 1 fully saturated rings. The maximum atomic E-state index is 12.7. The molecule has 3 rings (SSSR count). The van der Waals surface area contributed by atoms with E-state index in [1.54, 1.807) is 11.1 Å². The third-order valence-electron chi connectivity index (χ3n) is 4.66. The Morgan fingerprint density at radius 1 is 1.31 bits per heavy atom. The number of piperidine rings is 1. The molecule has 26 heavy (non-hydrogen) atoms. The van der Waals surface area contributed by atoms with E-state index in [1.807, 2.05) is 30.3 Å². The number of hydrogen-bond acceptors (Lipinski definition) is 6. The number of carbonyl (C=O) groups excluding carboxylic acids is 2. The summed E-state index contributed by atoms with van der Waals surface area (Å²) in [6.07, 6.45) is 4.77. The van der Waals surface area contributed by atoms with Crippen molar-refractivity contribution < 1.29 is 9.59 Å². The molecular formula is C18H23N5O2S. The number of likely N-dealkylation sites (tertiary alicyclic amines) is 1. The second-order valence-electron chi connectivity index (χ2n) is 6.34. The smallest absolute Gasteiger partial charge is 0.263 e. The Hall–Kier alpha value is -2.32. The van der Waals surface area contributed by atoms with Gasteiger partial charge in [-0.3, -0.25) is 9.59 Å². The molecule has 7 nitrogen and oxygen atoms in total. The number of rotatable bonds is 6. The Morgan fingerprint density at radius 3 is 2.65 bits per heavy atom. The summed E-state index contributed by atoms with van der Waals surface area (Å²) in [7, 11) is 0. The number of hydrazine groups is 1. The lowest BCUT2D eigenvalue weighted by atomic mass is 9.94. The normalized spacial score (nSPS) is 18.6. The molecule has 4 N–H and O–H groups in total. The van der Waals surface area contributed by atoms with Crippen molar-refractivity contribution >= 4 is 30.0 Å². The van der Waals surface area contributed by atoms with E-state index in [2.05, 4.69) is 15.6 Å². The van der Waals surface area contributed by atoms with Crippen LogP contribution in [0.2, 0.25) is 0 Å². The Balaban J connectivity index is 1.54. The molecule has 1 atom stereocenters. The van der Waals surface area contributed by atoms with Crippen LogP contribution in [0.3, 0.4) is 0 Å². The molecule has 1 saturated heterocycles. The molecule has 2 heterocycles. The summed E-state index contributed by atoms with van der Waals surface area (Å²) < 4.78 is 0. The zero-order valence-corrected chi connectivity index (χ0v) is 15.2. The van der Waals surface area contributed by atoms with Crippen LogP contribution in [0.4, 0.5) is 0 Å². The van der Waals surface area contributed by atoms with Crippen LogP contribution < -0.4 is 15.6 Å². The van der Waals surface area contributed by atoms with Crippen molar-refractivity contribution in [3.8, 4) is 0 Å². The first-order chi connectivity index (χ1) is 12.7. The highest BCUT2D eigenvalue weighted by molar-refractivity contribution is 8.02. The molecule has 0 aliphatic carbocycles. The Kier molecular flexibility index (Phi) is 6.30. The summed E-state index contributed by atoms with van der Waals surface area (Å²) in [5, 5.41) is 10.5. The van der Waals surface area contributed by atoms with E-state index in [4.69, 9.17) is 5.41 Å². The third-order valence-corrected chi connectivity index (χ3v) is 5.39. The molecule has 2 aliphatic rings. The van der Waals surface area contributed by atoms with Crippen LogP contribution in [0.1, 0.15) is 30.9 Å². The van der Waals surface area contributed by atoms with Gasteiger partial charge in [0.2, 0.25) is 5.91 Å². The number of amides is 2. The predicted octanol–water partition coefficient (Wildman–Crippen LogP) is 1.72. The van der Waals surface area contributed by atoms with E-state index in [9.17, 15) is 9.59 Å². The number of hydrogen-bond donors (Lipinski definition) is 4. The van der Waals surface area contributed by atoms with Gasteiger partial charge in [0.1, 0.15) is 4.91 Å². The van der Waals surface area contributed by atoms with Crippen molar-refractivity contribution in [2.45, 2.75) is 25.3 Å². The van der Waals surface area contributed by atoms with Gasteiger partial charge in [-0.25, -0.2) is 0 Å². The lowest BCUT2D eigenvalue weighted by Gasteiger charge is -2.32. The molecule has 1 aromatic carbocycles. The highest BCUT2D eigenvalue weighted by Crippen LogP contribution is 2.24. The van der Waals surface area contributed by atoms with Crippen LogP contribution in [0.15, 0.2) is 41.4 Å². The van der Waals surface area contributed by atoms with E-state index in [1.165, 1.54) is 18.2 Å². The van der Waals surface area contributed by atoms with Gasteiger partial charge in [-0.2, -0.15) is 4.83 Å². The molecule has 0 radical (unpaired) electrons. The monoisotopic (exact) mass is 373 g/mol. The summed E-state index contributed by atoms with van der Waals surface area (Å²) in [5.74, 6) is -0.0969. The molecule has 2 amide bonds. The van der Waals surface area contributed by atoms with Gasteiger partial charge in [0.25, 0.3) is 5.91 Å². The second kappa shape index (κ2) is 8.86. The van der Waals surface area contributed by atoms with E-state index < -0.39 is 0 Å². The number of carbonyl (C=O) groups is 2. The van der Waals surface area contributed by atoms with Gasteiger partial charge in [-0.1, -0.05) is 30.3 Å². The second-order valence-corrected chi connectivity index (χ2v) is 7.18. The Bertz CT molecular complexity index is 686. The van der Waals surface area contributed by atoms with Crippen LogP contribution in [0.5, 0.6) is 0 Å². The standard InChI is InChI=1S/C18H23N5O2S/c19-9-6-15(13-4-2-1-3-5-13)21-17(24)14-7-10-23(11-8-14)18(25)16-12-20-22-26-16/h1-5,9,12,14-15,19-20,22H,6-8,10-11H2,(H,21,24). The quantitative estimate of drug-likeness (QED) is 0.450. The first kappa shape index (κ1) is 18.5. The van der Waals surface area contributed by atoms with Gasteiger partial charge >= 0.3 is 0 Å². The van der Waals surface area contributed by atoms with E-state index in [-0.39, 0.29) is 23.8 Å². The summed E-state index contributed by atoms with van der Waals surface area (Å²) >= 11 is 1.27. The van der Waals surface area contributed by atoms with E-state index in [0.29, 0.717) is 37.3 Å². The van der Waals surface area contributed by atoms with Crippen molar-refractivity contribution in [3.05, 3.63) is 47.0 Å². The van der Waals surface area contributed by atoms with Gasteiger partial charge in [0, 0.05) is 31.6 Å². The summed E-state index contributed by atoms with van der Waals surface area (Å²) in [4.78, 5) is 30.3. The largest absolute Gasteiger partial charge is 0.349 e. The average Bonchev–Trinajstić information content (AvgIpc) is 3.22. The van der Waals surface area contributed by atoms with Gasteiger partial charge in [0.05, 0.1) is 6.04 Å². The molecule has 0 aromatic heterocycles. The number of nitrogens with one attached hydrogen (secondary N) is 4. The molecule has 138 valence electrons. The highest BCUT2D eigenvalue weighted by Gasteiger charge is 2.30. The molecule has 1 aromatic rings. The Morgan fingerprint density at radius 2 is 2.04 bits per heavy atom.